The van der Waals surface area contributed by atoms with E-state index < -0.39 is 5.41 Å². The minimum Gasteiger partial charge on any atom is -0.397 e. The summed E-state index contributed by atoms with van der Waals surface area (Å²) in [6, 6.07) is 6.41. The second kappa shape index (κ2) is 6.57. The number of carbonyl (C=O) groups is 1. The third kappa shape index (κ3) is 4.37. The van der Waals surface area contributed by atoms with Gasteiger partial charge in [-0.05, 0) is 58.2 Å². The molecule has 1 aliphatic rings. The molecule has 0 amide bonds. The highest BCUT2D eigenvalue weighted by Gasteiger charge is 2.28. The van der Waals surface area contributed by atoms with E-state index in [4.69, 9.17) is 10.6 Å². The Hall–Kier alpha value is -1.75. The number of benzene rings is 1. The first-order valence-corrected chi connectivity index (χ1v) is 7.86. The summed E-state index contributed by atoms with van der Waals surface area (Å²) in [4.78, 5) is 17.3. The van der Waals surface area contributed by atoms with E-state index in [0.717, 1.165) is 42.9 Å². The number of rotatable bonds is 3. The first-order chi connectivity index (χ1) is 10.3. The lowest BCUT2D eigenvalue weighted by Crippen LogP contribution is -2.42. The van der Waals surface area contributed by atoms with E-state index in [2.05, 4.69) is 11.4 Å². The fourth-order valence-corrected chi connectivity index (χ4v) is 2.38. The van der Waals surface area contributed by atoms with E-state index >= 15 is 0 Å². The number of nitrogens with zero attached hydrogens (tertiary/aromatic N) is 1. The average Bonchev–Trinajstić information content (AvgIpc) is 2.43. The maximum atomic E-state index is 11.9. The maximum Gasteiger partial charge on any atom is 0.330 e. The molecule has 0 bridgehead atoms. The molecular weight excluding hydrogens is 278 g/mol. The molecule has 1 fully saturated rings. The van der Waals surface area contributed by atoms with Gasteiger partial charge in [0, 0.05) is 19.1 Å². The zero-order valence-corrected chi connectivity index (χ0v) is 14.0. The van der Waals surface area contributed by atoms with Crippen LogP contribution in [0.4, 0.5) is 11.4 Å². The molecule has 1 saturated heterocycles. The van der Waals surface area contributed by atoms with Crippen molar-refractivity contribution >= 4 is 17.3 Å². The molecule has 1 aromatic carbocycles. The Balaban J connectivity index is 1.83. The van der Waals surface area contributed by atoms with Crippen LogP contribution >= 0.6 is 0 Å². The van der Waals surface area contributed by atoms with Crippen molar-refractivity contribution in [2.45, 2.75) is 46.6 Å². The van der Waals surface area contributed by atoms with Crippen molar-refractivity contribution in [3.05, 3.63) is 23.8 Å². The predicted octanol–water partition coefficient (Wildman–Crippen LogP) is 2.96. The Morgan fingerprint density at radius 3 is 2.50 bits per heavy atom. The van der Waals surface area contributed by atoms with Gasteiger partial charge in [0.1, 0.15) is 0 Å². The number of anilines is 2. The molecule has 5 heteroatoms. The van der Waals surface area contributed by atoms with Crippen LogP contribution in [0.3, 0.4) is 0 Å². The van der Waals surface area contributed by atoms with Gasteiger partial charge in [-0.2, -0.15) is 0 Å². The molecule has 3 N–H and O–H groups in total. The van der Waals surface area contributed by atoms with Crippen LogP contribution in [-0.4, -0.2) is 30.2 Å². The number of nitrogen functional groups attached to an aromatic ring is 1. The third-order valence-electron chi connectivity index (χ3n) is 3.85. The van der Waals surface area contributed by atoms with Gasteiger partial charge in [-0.25, -0.2) is 4.79 Å². The number of aryl methyl sites for hydroxylation is 1. The normalized spacial score (nSPS) is 17.3. The molecule has 2 rings (SSSR count). The second-order valence-corrected chi connectivity index (χ2v) is 7.07. The van der Waals surface area contributed by atoms with E-state index in [-0.39, 0.29) is 5.97 Å². The molecule has 122 valence electrons. The summed E-state index contributed by atoms with van der Waals surface area (Å²) in [5.41, 5.74) is 8.49. The molecule has 0 aliphatic carbocycles. The fourth-order valence-electron chi connectivity index (χ4n) is 2.38. The van der Waals surface area contributed by atoms with Crippen molar-refractivity contribution in [3.8, 4) is 0 Å². The number of carbonyl (C=O) groups excluding carboxylic acids is 1. The van der Waals surface area contributed by atoms with Crippen LogP contribution < -0.4 is 11.1 Å². The van der Waals surface area contributed by atoms with Gasteiger partial charge in [0.15, 0.2) is 0 Å². The Kier molecular flexibility index (Phi) is 4.96. The maximum absolute atomic E-state index is 11.9. The van der Waals surface area contributed by atoms with Gasteiger partial charge < -0.3 is 15.9 Å². The van der Waals surface area contributed by atoms with Crippen LogP contribution in [0.1, 0.15) is 39.2 Å². The van der Waals surface area contributed by atoms with Crippen LogP contribution in [0.2, 0.25) is 0 Å². The number of nitrogens with two attached hydrogens (primary N) is 1. The van der Waals surface area contributed by atoms with Gasteiger partial charge in [-0.3, -0.25) is 0 Å². The largest absolute Gasteiger partial charge is 0.397 e. The zero-order chi connectivity index (χ0) is 16.3. The van der Waals surface area contributed by atoms with Crippen molar-refractivity contribution < 1.29 is 9.63 Å². The summed E-state index contributed by atoms with van der Waals surface area (Å²) in [6.45, 7) is 9.11. The molecule has 1 aliphatic heterocycles. The Morgan fingerprint density at radius 1 is 1.32 bits per heavy atom. The highest BCUT2D eigenvalue weighted by Crippen LogP contribution is 2.24. The van der Waals surface area contributed by atoms with E-state index in [9.17, 15) is 4.79 Å². The standard InChI is InChI=1S/C17H27N3O2/c1-12-5-6-15(14(18)11-12)19-13-7-9-20(10-8-13)22-16(21)17(2,3)4/h5-6,11,13,19H,7-10,18H2,1-4H3. The fraction of sp³-hybridized carbons (Fsp3) is 0.588. The first-order valence-electron chi connectivity index (χ1n) is 7.86. The Labute approximate surface area is 132 Å². The molecule has 0 aromatic heterocycles. The summed E-state index contributed by atoms with van der Waals surface area (Å²) in [5, 5.41) is 5.26. The van der Waals surface area contributed by atoms with Crippen LogP contribution in [0, 0.1) is 12.3 Å². The number of nitrogens with one attached hydrogen (secondary N) is 1. The number of hydroxylamine groups is 2. The minimum absolute atomic E-state index is 0.179. The van der Waals surface area contributed by atoms with Gasteiger partial charge in [0.25, 0.3) is 0 Å². The van der Waals surface area contributed by atoms with E-state index in [1.165, 1.54) is 0 Å². The van der Waals surface area contributed by atoms with Crippen LogP contribution in [0.15, 0.2) is 18.2 Å². The monoisotopic (exact) mass is 305 g/mol. The van der Waals surface area contributed by atoms with Gasteiger partial charge in [-0.1, -0.05) is 6.07 Å². The lowest BCUT2D eigenvalue weighted by atomic mass is 9.98. The smallest absolute Gasteiger partial charge is 0.330 e. The van der Waals surface area contributed by atoms with Crippen molar-refractivity contribution in [1.82, 2.24) is 5.06 Å². The third-order valence-corrected chi connectivity index (χ3v) is 3.85. The number of hydrogen-bond acceptors (Lipinski definition) is 5. The SMILES string of the molecule is Cc1ccc(NC2CCN(OC(=O)C(C)(C)C)CC2)c(N)c1. The van der Waals surface area contributed by atoms with Crippen molar-refractivity contribution in [3.63, 3.8) is 0 Å². The van der Waals surface area contributed by atoms with Crippen molar-refractivity contribution in [2.24, 2.45) is 5.41 Å². The molecule has 0 spiro atoms. The summed E-state index contributed by atoms with van der Waals surface area (Å²) in [7, 11) is 0. The van der Waals surface area contributed by atoms with Gasteiger partial charge in [0.2, 0.25) is 0 Å². The molecule has 0 atom stereocenters. The van der Waals surface area contributed by atoms with Gasteiger partial charge in [-0.15, -0.1) is 5.06 Å². The molecule has 1 heterocycles. The molecule has 0 unspecified atom stereocenters. The lowest BCUT2D eigenvalue weighted by molar-refractivity contribution is -0.204. The predicted molar refractivity (Wildman–Crippen MR) is 89.4 cm³/mol. The van der Waals surface area contributed by atoms with E-state index in [1.807, 2.05) is 39.8 Å². The number of piperidine rings is 1. The molecule has 5 nitrogen and oxygen atoms in total. The second-order valence-electron chi connectivity index (χ2n) is 7.07. The summed E-state index contributed by atoms with van der Waals surface area (Å²) in [5.74, 6) is -0.179. The quantitative estimate of drug-likeness (QED) is 0.840. The molecular formula is C17H27N3O2. The number of hydrogen-bond donors (Lipinski definition) is 2. The summed E-state index contributed by atoms with van der Waals surface area (Å²) >= 11 is 0. The first kappa shape index (κ1) is 16.6. The van der Waals surface area contributed by atoms with E-state index in [1.54, 1.807) is 5.06 Å². The van der Waals surface area contributed by atoms with Crippen molar-refractivity contribution in [1.29, 1.82) is 0 Å². The van der Waals surface area contributed by atoms with Crippen LogP contribution in [0.25, 0.3) is 0 Å². The van der Waals surface area contributed by atoms with Crippen LogP contribution in [0.5, 0.6) is 0 Å². The zero-order valence-electron chi connectivity index (χ0n) is 14.0. The highest BCUT2D eigenvalue weighted by atomic mass is 16.7. The van der Waals surface area contributed by atoms with Crippen molar-refractivity contribution in [2.75, 3.05) is 24.1 Å². The molecule has 22 heavy (non-hydrogen) atoms. The Bertz CT molecular complexity index is 529. The molecule has 0 radical (unpaired) electrons. The summed E-state index contributed by atoms with van der Waals surface area (Å²) in [6.07, 6.45) is 1.84. The highest BCUT2D eigenvalue weighted by molar-refractivity contribution is 5.75. The minimum atomic E-state index is -0.467. The average molecular weight is 305 g/mol. The lowest BCUT2D eigenvalue weighted by Gasteiger charge is -2.33. The van der Waals surface area contributed by atoms with Gasteiger partial charge in [0.05, 0.1) is 16.8 Å². The van der Waals surface area contributed by atoms with E-state index in [0.29, 0.717) is 6.04 Å². The topological polar surface area (TPSA) is 67.6 Å². The molecule has 0 saturated carbocycles. The molecule has 1 aromatic rings. The Morgan fingerprint density at radius 2 is 1.95 bits per heavy atom. The van der Waals surface area contributed by atoms with Crippen LogP contribution in [-0.2, 0) is 9.63 Å². The summed E-state index contributed by atoms with van der Waals surface area (Å²) < 4.78 is 0. The van der Waals surface area contributed by atoms with Gasteiger partial charge >= 0.3 is 5.97 Å².